The molecule has 4 heteroatoms. The SMILES string of the molecule is C=CC(=O)NCC(=O)OC1(C2CC3CC2CC3C)C2CC3CC1CC(C)(C3)C2. The van der Waals surface area contributed by atoms with E-state index in [0.717, 1.165) is 23.7 Å². The molecular weight excluding hydrogens is 350 g/mol. The van der Waals surface area contributed by atoms with E-state index in [1.807, 2.05) is 0 Å². The fraction of sp³-hybridized carbons (Fsp3) is 0.833. The highest BCUT2D eigenvalue weighted by Gasteiger charge is 2.68. The summed E-state index contributed by atoms with van der Waals surface area (Å²) in [6, 6.07) is 0. The first-order valence-electron chi connectivity index (χ1n) is 11.4. The molecule has 0 heterocycles. The number of fused-ring (bicyclic) bond motifs is 2. The van der Waals surface area contributed by atoms with Crippen molar-refractivity contribution in [2.45, 2.75) is 70.8 Å². The second-order valence-corrected chi connectivity index (χ2v) is 11.2. The number of amides is 1. The molecule has 1 amide bonds. The van der Waals surface area contributed by atoms with Crippen molar-refractivity contribution >= 4 is 11.9 Å². The number of nitrogens with one attached hydrogen (secondary N) is 1. The lowest BCUT2D eigenvalue weighted by atomic mass is 9.42. The van der Waals surface area contributed by atoms with Gasteiger partial charge in [0.15, 0.2) is 0 Å². The van der Waals surface area contributed by atoms with Crippen LogP contribution in [0.15, 0.2) is 12.7 Å². The summed E-state index contributed by atoms with van der Waals surface area (Å²) in [5, 5.41) is 2.63. The van der Waals surface area contributed by atoms with Gasteiger partial charge in [-0.25, -0.2) is 0 Å². The molecule has 6 unspecified atom stereocenters. The molecule has 0 aromatic rings. The Labute approximate surface area is 168 Å². The minimum Gasteiger partial charge on any atom is -0.457 e. The number of rotatable bonds is 5. The number of carbonyl (C=O) groups excluding carboxylic acids is 2. The molecule has 6 bridgehead atoms. The maximum atomic E-state index is 12.9. The van der Waals surface area contributed by atoms with Gasteiger partial charge in [0.05, 0.1) is 0 Å². The lowest BCUT2D eigenvalue weighted by Crippen LogP contribution is -2.66. The van der Waals surface area contributed by atoms with E-state index in [1.165, 1.54) is 57.4 Å². The number of carbonyl (C=O) groups is 2. The number of hydrogen-bond acceptors (Lipinski definition) is 3. The van der Waals surface area contributed by atoms with Crippen molar-refractivity contribution in [2.24, 2.45) is 46.8 Å². The normalized spacial score (nSPS) is 50.6. The molecule has 1 N–H and O–H groups in total. The van der Waals surface area contributed by atoms with Gasteiger partial charge in [0.1, 0.15) is 12.1 Å². The van der Waals surface area contributed by atoms with Crippen LogP contribution in [0, 0.1) is 46.8 Å². The number of ether oxygens (including phenoxy) is 1. The van der Waals surface area contributed by atoms with Gasteiger partial charge >= 0.3 is 5.97 Å². The lowest BCUT2D eigenvalue weighted by Gasteiger charge is -2.66. The van der Waals surface area contributed by atoms with Gasteiger partial charge < -0.3 is 10.1 Å². The van der Waals surface area contributed by atoms with Gasteiger partial charge in [-0.1, -0.05) is 20.4 Å². The molecule has 4 nitrogen and oxygen atoms in total. The van der Waals surface area contributed by atoms with Crippen LogP contribution in [-0.4, -0.2) is 24.0 Å². The van der Waals surface area contributed by atoms with Crippen molar-refractivity contribution in [3.8, 4) is 0 Å². The van der Waals surface area contributed by atoms with Crippen LogP contribution in [0.2, 0.25) is 0 Å². The third kappa shape index (κ3) is 2.69. The van der Waals surface area contributed by atoms with Crippen LogP contribution < -0.4 is 5.32 Å². The van der Waals surface area contributed by atoms with Gasteiger partial charge in [0, 0.05) is 17.8 Å². The van der Waals surface area contributed by atoms with E-state index in [1.54, 1.807) is 0 Å². The van der Waals surface area contributed by atoms with Crippen LogP contribution in [0.5, 0.6) is 0 Å². The van der Waals surface area contributed by atoms with E-state index >= 15 is 0 Å². The van der Waals surface area contributed by atoms with Gasteiger partial charge in [-0.3, -0.25) is 9.59 Å². The highest BCUT2D eigenvalue weighted by molar-refractivity contribution is 5.89. The highest BCUT2D eigenvalue weighted by atomic mass is 16.6. The van der Waals surface area contributed by atoms with Crippen LogP contribution in [-0.2, 0) is 14.3 Å². The Morgan fingerprint density at radius 1 is 1.07 bits per heavy atom. The van der Waals surface area contributed by atoms with E-state index in [-0.39, 0.29) is 24.0 Å². The van der Waals surface area contributed by atoms with Gasteiger partial charge in [-0.2, -0.15) is 0 Å². The second-order valence-electron chi connectivity index (χ2n) is 11.2. The average Bonchev–Trinajstić information content (AvgIpc) is 3.21. The molecule has 0 aromatic heterocycles. The minimum absolute atomic E-state index is 0.0377. The zero-order valence-electron chi connectivity index (χ0n) is 17.4. The summed E-state index contributed by atoms with van der Waals surface area (Å²) in [4.78, 5) is 24.4. The first-order chi connectivity index (χ1) is 13.3. The zero-order chi connectivity index (χ0) is 19.7. The van der Waals surface area contributed by atoms with E-state index < -0.39 is 0 Å². The van der Waals surface area contributed by atoms with Crippen molar-refractivity contribution < 1.29 is 14.3 Å². The van der Waals surface area contributed by atoms with Gasteiger partial charge in [-0.15, -0.1) is 0 Å². The average molecular weight is 386 g/mol. The molecule has 28 heavy (non-hydrogen) atoms. The summed E-state index contributed by atoms with van der Waals surface area (Å²) in [6.45, 7) is 8.30. The Hall–Kier alpha value is -1.32. The zero-order valence-corrected chi connectivity index (χ0v) is 17.4. The minimum atomic E-state index is -0.308. The molecule has 6 atom stereocenters. The molecule has 0 saturated heterocycles. The third-order valence-electron chi connectivity index (χ3n) is 9.44. The molecule has 0 spiro atoms. The Balaban J connectivity index is 1.44. The molecule has 6 rings (SSSR count). The number of esters is 1. The van der Waals surface area contributed by atoms with Crippen LogP contribution >= 0.6 is 0 Å². The summed E-state index contributed by atoms with van der Waals surface area (Å²) in [5.41, 5.74) is 0.181. The Morgan fingerprint density at radius 2 is 1.79 bits per heavy atom. The Bertz CT molecular complexity index is 682. The Morgan fingerprint density at radius 3 is 2.32 bits per heavy atom. The standard InChI is InChI=1S/C24H35NO3/c1-4-21(26)25-13-22(27)28-24(20-9-16-8-17(20)5-14(16)2)18-6-15-7-19(24)12-23(3,10-15)11-18/h4,14-20H,1,5-13H2,2-3H3,(H,25,26). The fourth-order valence-electron chi connectivity index (χ4n) is 8.82. The molecule has 6 fully saturated rings. The fourth-order valence-corrected chi connectivity index (χ4v) is 8.82. The highest BCUT2D eigenvalue weighted by Crippen LogP contribution is 2.70. The Kier molecular flexibility index (Phi) is 4.23. The monoisotopic (exact) mass is 385 g/mol. The van der Waals surface area contributed by atoms with Crippen molar-refractivity contribution in [1.82, 2.24) is 5.32 Å². The molecule has 6 saturated carbocycles. The summed E-state index contributed by atoms with van der Waals surface area (Å²) in [5.74, 6) is 4.21. The smallest absolute Gasteiger partial charge is 0.326 e. The summed E-state index contributed by atoms with van der Waals surface area (Å²) < 4.78 is 6.54. The van der Waals surface area contributed by atoms with Gasteiger partial charge in [-0.05, 0) is 86.5 Å². The molecule has 0 aliphatic heterocycles. The largest absolute Gasteiger partial charge is 0.457 e. The topological polar surface area (TPSA) is 55.4 Å². The molecule has 6 aliphatic rings. The quantitative estimate of drug-likeness (QED) is 0.573. The van der Waals surface area contributed by atoms with Crippen LogP contribution in [0.1, 0.15) is 65.2 Å². The maximum Gasteiger partial charge on any atom is 0.326 e. The molecule has 0 aromatic carbocycles. The van der Waals surface area contributed by atoms with Crippen molar-refractivity contribution in [2.75, 3.05) is 6.54 Å². The van der Waals surface area contributed by atoms with Crippen LogP contribution in [0.3, 0.4) is 0 Å². The van der Waals surface area contributed by atoms with E-state index in [0.29, 0.717) is 23.2 Å². The lowest BCUT2D eigenvalue weighted by molar-refractivity contribution is -0.248. The van der Waals surface area contributed by atoms with Crippen molar-refractivity contribution in [3.05, 3.63) is 12.7 Å². The van der Waals surface area contributed by atoms with E-state index in [2.05, 4.69) is 25.7 Å². The van der Waals surface area contributed by atoms with Crippen molar-refractivity contribution in [3.63, 3.8) is 0 Å². The number of hydrogen-bond donors (Lipinski definition) is 1. The molecular formula is C24H35NO3. The summed E-state index contributed by atoms with van der Waals surface area (Å²) >= 11 is 0. The first kappa shape index (κ1) is 18.7. The van der Waals surface area contributed by atoms with Crippen LogP contribution in [0.4, 0.5) is 0 Å². The molecule has 154 valence electrons. The summed E-state index contributed by atoms with van der Waals surface area (Å²) in [7, 11) is 0. The second kappa shape index (κ2) is 6.34. The molecule has 6 aliphatic carbocycles. The predicted molar refractivity (Wildman–Crippen MR) is 107 cm³/mol. The van der Waals surface area contributed by atoms with E-state index in [4.69, 9.17) is 4.74 Å². The summed E-state index contributed by atoms with van der Waals surface area (Å²) in [6.07, 6.45) is 11.4. The predicted octanol–water partition coefficient (Wildman–Crippen LogP) is 4.10. The first-order valence-corrected chi connectivity index (χ1v) is 11.4. The molecule has 0 radical (unpaired) electrons. The third-order valence-corrected chi connectivity index (χ3v) is 9.44. The van der Waals surface area contributed by atoms with Crippen molar-refractivity contribution in [1.29, 1.82) is 0 Å². The van der Waals surface area contributed by atoms with E-state index in [9.17, 15) is 9.59 Å². The van der Waals surface area contributed by atoms with Gasteiger partial charge in [0.25, 0.3) is 0 Å². The van der Waals surface area contributed by atoms with Gasteiger partial charge in [0.2, 0.25) is 5.91 Å². The van der Waals surface area contributed by atoms with Crippen LogP contribution in [0.25, 0.3) is 0 Å². The maximum absolute atomic E-state index is 12.9.